The van der Waals surface area contributed by atoms with Gasteiger partial charge in [-0.3, -0.25) is 4.68 Å². The first-order chi connectivity index (χ1) is 15.1. The van der Waals surface area contributed by atoms with Crippen LogP contribution in [0, 0.1) is 0 Å². The van der Waals surface area contributed by atoms with E-state index in [4.69, 9.17) is 9.97 Å². The fourth-order valence-electron chi connectivity index (χ4n) is 4.60. The van der Waals surface area contributed by atoms with Crippen molar-refractivity contribution in [3.8, 4) is 0 Å². The molecule has 164 valence electrons. The lowest BCUT2D eigenvalue weighted by Gasteiger charge is -2.22. The molecule has 0 bridgehead atoms. The van der Waals surface area contributed by atoms with Gasteiger partial charge in [0.1, 0.15) is 11.6 Å². The first kappa shape index (κ1) is 20.0. The summed E-state index contributed by atoms with van der Waals surface area (Å²) >= 11 is 0. The molecule has 9 nitrogen and oxygen atoms in total. The Labute approximate surface area is 182 Å². The van der Waals surface area contributed by atoms with Gasteiger partial charge in [0, 0.05) is 38.8 Å². The highest BCUT2D eigenvalue weighted by Gasteiger charge is 2.23. The van der Waals surface area contributed by atoms with E-state index >= 15 is 0 Å². The Morgan fingerprint density at radius 3 is 2.81 bits per heavy atom. The van der Waals surface area contributed by atoms with Crippen LogP contribution in [-0.2, 0) is 39.4 Å². The number of fused-ring (bicyclic) bond motifs is 2. The van der Waals surface area contributed by atoms with Gasteiger partial charge in [0.15, 0.2) is 5.82 Å². The van der Waals surface area contributed by atoms with E-state index in [-0.39, 0.29) is 6.04 Å². The standard InChI is InChI=1S/C22H31N9/c1-15(17-11-13-30(3)28-17)23-21-16-8-5-4-6-9-18(16)24-22(25-21)29(2)14-20-27-26-19-10-7-12-31(19)20/h11,13,15H,4-10,12,14H2,1-3H3,(H,23,24,25)/t15-/m1/s1. The number of rotatable bonds is 6. The Kier molecular flexibility index (Phi) is 5.33. The maximum absolute atomic E-state index is 4.99. The Hall–Kier alpha value is -2.97. The van der Waals surface area contributed by atoms with E-state index in [0.29, 0.717) is 6.54 Å². The molecule has 0 unspecified atom stereocenters. The first-order valence-electron chi connectivity index (χ1n) is 11.4. The van der Waals surface area contributed by atoms with Gasteiger partial charge in [0.25, 0.3) is 0 Å². The number of aromatic nitrogens is 7. The molecule has 1 atom stereocenters. The minimum atomic E-state index is 0.0707. The monoisotopic (exact) mass is 421 g/mol. The molecule has 9 heteroatoms. The van der Waals surface area contributed by atoms with E-state index < -0.39 is 0 Å². The van der Waals surface area contributed by atoms with Crippen molar-refractivity contribution in [3.63, 3.8) is 0 Å². The second kappa shape index (κ2) is 8.28. The Balaban J connectivity index is 1.44. The van der Waals surface area contributed by atoms with Crippen LogP contribution < -0.4 is 10.2 Å². The second-order valence-corrected chi connectivity index (χ2v) is 8.78. The number of nitrogens with one attached hydrogen (secondary N) is 1. The van der Waals surface area contributed by atoms with Gasteiger partial charge >= 0.3 is 0 Å². The molecule has 0 fully saturated rings. The number of aryl methyl sites for hydroxylation is 3. The summed E-state index contributed by atoms with van der Waals surface area (Å²) in [7, 11) is 3.99. The maximum atomic E-state index is 4.99. The van der Waals surface area contributed by atoms with Gasteiger partial charge in [-0.05, 0) is 45.1 Å². The summed E-state index contributed by atoms with van der Waals surface area (Å²) in [5.74, 6) is 3.77. The number of hydrogen-bond acceptors (Lipinski definition) is 7. The quantitative estimate of drug-likeness (QED) is 0.612. The summed E-state index contributed by atoms with van der Waals surface area (Å²) in [6, 6.07) is 2.12. The van der Waals surface area contributed by atoms with Gasteiger partial charge in [-0.1, -0.05) is 6.42 Å². The van der Waals surface area contributed by atoms with Crippen molar-refractivity contribution in [1.29, 1.82) is 0 Å². The zero-order chi connectivity index (χ0) is 21.4. The van der Waals surface area contributed by atoms with Crippen LogP contribution in [0.15, 0.2) is 12.3 Å². The third-order valence-electron chi connectivity index (χ3n) is 6.36. The molecule has 1 aliphatic heterocycles. The molecule has 2 aliphatic rings. The minimum absolute atomic E-state index is 0.0707. The van der Waals surface area contributed by atoms with Crippen LogP contribution >= 0.6 is 0 Å². The fourth-order valence-corrected chi connectivity index (χ4v) is 4.60. The Bertz CT molecular complexity index is 1070. The highest BCUT2D eigenvalue weighted by molar-refractivity contribution is 5.53. The number of anilines is 2. The predicted molar refractivity (Wildman–Crippen MR) is 119 cm³/mol. The average molecular weight is 422 g/mol. The highest BCUT2D eigenvalue weighted by Crippen LogP contribution is 2.29. The molecule has 0 amide bonds. The molecule has 1 N–H and O–H groups in total. The molecule has 0 aromatic carbocycles. The fraction of sp³-hybridized carbons (Fsp3) is 0.591. The molecule has 31 heavy (non-hydrogen) atoms. The molecule has 1 aliphatic carbocycles. The van der Waals surface area contributed by atoms with Crippen LogP contribution in [0.4, 0.5) is 11.8 Å². The zero-order valence-electron chi connectivity index (χ0n) is 18.7. The average Bonchev–Trinajstić information content (AvgIpc) is 3.43. The zero-order valence-corrected chi connectivity index (χ0v) is 18.7. The normalized spacial score (nSPS) is 16.5. The number of nitrogens with zero attached hydrogens (tertiary/aromatic N) is 8. The molecule has 3 aromatic rings. The van der Waals surface area contributed by atoms with E-state index in [2.05, 4.69) is 43.1 Å². The molecule has 0 radical (unpaired) electrons. The van der Waals surface area contributed by atoms with E-state index in [1.807, 2.05) is 25.0 Å². The molecule has 0 spiro atoms. The molecular formula is C22H31N9. The van der Waals surface area contributed by atoms with Crippen LogP contribution in [0.25, 0.3) is 0 Å². The van der Waals surface area contributed by atoms with E-state index in [1.165, 1.54) is 30.5 Å². The molecule has 4 heterocycles. The molecule has 0 saturated heterocycles. The summed E-state index contributed by atoms with van der Waals surface area (Å²) in [5, 5.41) is 16.9. The topological polar surface area (TPSA) is 89.6 Å². The van der Waals surface area contributed by atoms with Crippen molar-refractivity contribution < 1.29 is 0 Å². The number of hydrogen-bond donors (Lipinski definition) is 1. The molecular weight excluding hydrogens is 390 g/mol. The van der Waals surface area contributed by atoms with Gasteiger partial charge in [-0.25, -0.2) is 4.98 Å². The predicted octanol–water partition coefficient (Wildman–Crippen LogP) is 2.83. The molecule has 0 saturated carbocycles. The van der Waals surface area contributed by atoms with Gasteiger partial charge in [-0.2, -0.15) is 10.1 Å². The SMILES string of the molecule is C[C@@H](Nc1nc(N(C)Cc2nnc3n2CCC3)nc2c1CCCCC2)c1ccn(C)n1. The van der Waals surface area contributed by atoms with Crippen molar-refractivity contribution in [1.82, 2.24) is 34.5 Å². The van der Waals surface area contributed by atoms with Crippen LogP contribution in [0.1, 0.15) is 67.2 Å². The first-order valence-corrected chi connectivity index (χ1v) is 11.4. The molecule has 5 rings (SSSR count). The summed E-state index contributed by atoms with van der Waals surface area (Å²) in [6.07, 6.45) is 9.78. The van der Waals surface area contributed by atoms with Gasteiger partial charge in [-0.15, -0.1) is 10.2 Å². The van der Waals surface area contributed by atoms with Crippen LogP contribution in [-0.4, -0.2) is 41.6 Å². The van der Waals surface area contributed by atoms with Crippen molar-refractivity contribution in [2.75, 3.05) is 17.3 Å². The lowest BCUT2D eigenvalue weighted by Crippen LogP contribution is -2.24. The third kappa shape index (κ3) is 4.00. The van der Waals surface area contributed by atoms with E-state index in [0.717, 1.165) is 61.3 Å². The van der Waals surface area contributed by atoms with E-state index in [1.54, 1.807) is 0 Å². The third-order valence-corrected chi connectivity index (χ3v) is 6.36. The Morgan fingerprint density at radius 1 is 1.10 bits per heavy atom. The van der Waals surface area contributed by atoms with Crippen LogP contribution in [0.5, 0.6) is 0 Å². The van der Waals surface area contributed by atoms with Crippen molar-refractivity contribution in [2.45, 2.75) is 71.0 Å². The van der Waals surface area contributed by atoms with Crippen molar-refractivity contribution in [3.05, 3.63) is 40.9 Å². The van der Waals surface area contributed by atoms with E-state index in [9.17, 15) is 0 Å². The van der Waals surface area contributed by atoms with Crippen molar-refractivity contribution in [2.24, 2.45) is 7.05 Å². The Morgan fingerprint density at radius 2 is 1.97 bits per heavy atom. The van der Waals surface area contributed by atoms with Crippen molar-refractivity contribution >= 4 is 11.8 Å². The highest BCUT2D eigenvalue weighted by atomic mass is 15.3. The largest absolute Gasteiger partial charge is 0.362 e. The summed E-state index contributed by atoms with van der Waals surface area (Å²) in [5.41, 5.74) is 3.45. The van der Waals surface area contributed by atoms with Gasteiger partial charge in [0.2, 0.25) is 5.95 Å². The van der Waals surface area contributed by atoms with Crippen LogP contribution in [0.2, 0.25) is 0 Å². The van der Waals surface area contributed by atoms with Crippen LogP contribution in [0.3, 0.4) is 0 Å². The summed E-state index contributed by atoms with van der Waals surface area (Å²) < 4.78 is 4.08. The summed E-state index contributed by atoms with van der Waals surface area (Å²) in [6.45, 7) is 3.79. The summed E-state index contributed by atoms with van der Waals surface area (Å²) in [4.78, 5) is 12.1. The molecule has 3 aromatic heterocycles. The van der Waals surface area contributed by atoms with Gasteiger partial charge < -0.3 is 14.8 Å². The minimum Gasteiger partial charge on any atom is -0.362 e. The smallest absolute Gasteiger partial charge is 0.227 e. The second-order valence-electron chi connectivity index (χ2n) is 8.78. The maximum Gasteiger partial charge on any atom is 0.227 e. The lowest BCUT2D eigenvalue weighted by atomic mass is 10.1. The lowest BCUT2D eigenvalue weighted by molar-refractivity contribution is 0.669. The van der Waals surface area contributed by atoms with Gasteiger partial charge in [0.05, 0.1) is 24.0 Å².